The number of allylic oxidation sites excluding steroid dienone is 1. The third kappa shape index (κ3) is 1.82. The number of aromatic nitrogens is 1. The van der Waals surface area contributed by atoms with Crippen LogP contribution in [0.25, 0.3) is 11.6 Å². The second-order valence-corrected chi connectivity index (χ2v) is 4.63. The Morgan fingerprint density at radius 3 is 2.88 bits per heavy atom. The van der Waals surface area contributed by atoms with E-state index in [2.05, 4.69) is 36.9 Å². The van der Waals surface area contributed by atoms with E-state index in [1.54, 1.807) is 6.08 Å². The van der Waals surface area contributed by atoms with Gasteiger partial charge in [-0.1, -0.05) is 33.1 Å². The minimum absolute atomic E-state index is 0.0119. The molecular formula is C14H18N2O. The molecule has 0 saturated heterocycles. The lowest BCUT2D eigenvalue weighted by atomic mass is 9.99. The zero-order chi connectivity index (χ0) is 12.6. The van der Waals surface area contributed by atoms with E-state index in [1.807, 2.05) is 6.07 Å². The summed E-state index contributed by atoms with van der Waals surface area (Å²) in [6, 6.07) is 1.89. The van der Waals surface area contributed by atoms with E-state index < -0.39 is 0 Å². The number of hydrogen-bond acceptors (Lipinski definition) is 1. The van der Waals surface area contributed by atoms with Crippen LogP contribution in [0.2, 0.25) is 0 Å². The van der Waals surface area contributed by atoms with Gasteiger partial charge in [0.25, 0.3) is 5.91 Å². The van der Waals surface area contributed by atoms with Crippen molar-refractivity contribution in [3.05, 3.63) is 36.2 Å². The van der Waals surface area contributed by atoms with Crippen molar-refractivity contribution < 1.29 is 4.79 Å². The topological polar surface area (TPSA) is 34.0 Å². The lowest BCUT2D eigenvalue weighted by Crippen LogP contribution is -2.35. The fraction of sp³-hybridized carbons (Fsp3) is 0.357. The Bertz CT molecular complexity index is 495. The summed E-state index contributed by atoms with van der Waals surface area (Å²) in [5.41, 5.74) is 3.82. The number of carbonyl (C=O) groups excluding carboxylic acids is 1. The molecule has 0 aliphatic carbocycles. The smallest absolute Gasteiger partial charge is 0.268 e. The summed E-state index contributed by atoms with van der Waals surface area (Å²) in [7, 11) is 0. The largest absolute Gasteiger partial charge is 0.349 e. The number of fused-ring (bicyclic) bond motifs is 1. The summed E-state index contributed by atoms with van der Waals surface area (Å²) < 4.78 is 2.05. The molecule has 0 aromatic carbocycles. The third-order valence-electron chi connectivity index (χ3n) is 3.20. The summed E-state index contributed by atoms with van der Waals surface area (Å²) in [6.07, 6.45) is 1.79. The maximum atomic E-state index is 11.8. The zero-order valence-corrected chi connectivity index (χ0v) is 10.4. The second-order valence-electron chi connectivity index (χ2n) is 4.63. The first-order valence-corrected chi connectivity index (χ1v) is 5.89. The Hall–Kier alpha value is -1.77. The van der Waals surface area contributed by atoms with Crippen LogP contribution in [0.3, 0.4) is 0 Å². The molecule has 1 N–H and O–H groups in total. The second kappa shape index (κ2) is 4.24. The van der Waals surface area contributed by atoms with Gasteiger partial charge in [-0.05, 0) is 17.6 Å². The molecule has 1 aliphatic heterocycles. The Balaban J connectivity index is 2.61. The quantitative estimate of drug-likeness (QED) is 0.850. The Labute approximate surface area is 102 Å². The molecule has 0 atom stereocenters. The molecule has 2 rings (SSSR count). The predicted molar refractivity (Wildman–Crippen MR) is 70.7 cm³/mol. The molecule has 3 heteroatoms. The average molecular weight is 230 g/mol. The highest BCUT2D eigenvalue weighted by atomic mass is 16.2. The Morgan fingerprint density at radius 1 is 1.59 bits per heavy atom. The molecule has 17 heavy (non-hydrogen) atoms. The molecule has 0 bridgehead atoms. The van der Waals surface area contributed by atoms with Crippen molar-refractivity contribution in [2.24, 2.45) is 5.92 Å². The van der Waals surface area contributed by atoms with Gasteiger partial charge < -0.3 is 9.88 Å². The molecule has 1 aromatic rings. The van der Waals surface area contributed by atoms with Crippen LogP contribution in [0, 0.1) is 5.92 Å². The van der Waals surface area contributed by atoms with Gasteiger partial charge >= 0.3 is 0 Å². The molecule has 3 nitrogen and oxygen atoms in total. The van der Waals surface area contributed by atoms with E-state index in [9.17, 15) is 4.79 Å². The van der Waals surface area contributed by atoms with Gasteiger partial charge in [0, 0.05) is 18.7 Å². The van der Waals surface area contributed by atoms with E-state index in [0.717, 1.165) is 23.4 Å². The van der Waals surface area contributed by atoms with Crippen molar-refractivity contribution in [1.82, 2.24) is 9.88 Å². The highest BCUT2D eigenvalue weighted by molar-refractivity contribution is 5.95. The average Bonchev–Trinajstić information content (AvgIpc) is 2.67. The highest BCUT2D eigenvalue weighted by Gasteiger charge is 2.23. The van der Waals surface area contributed by atoms with Crippen LogP contribution in [0.1, 0.15) is 35.6 Å². The minimum atomic E-state index is -0.0119. The van der Waals surface area contributed by atoms with Crippen LogP contribution >= 0.6 is 0 Å². The van der Waals surface area contributed by atoms with Crippen LogP contribution in [-0.2, 0) is 6.54 Å². The molecule has 1 aromatic heterocycles. The number of amides is 1. The number of carbonyl (C=O) groups is 1. The Kier molecular flexibility index (Phi) is 2.92. The van der Waals surface area contributed by atoms with Crippen molar-refractivity contribution in [3.63, 3.8) is 0 Å². The molecule has 0 saturated carbocycles. The fourth-order valence-corrected chi connectivity index (χ4v) is 2.15. The van der Waals surface area contributed by atoms with E-state index in [0.29, 0.717) is 18.2 Å². The van der Waals surface area contributed by atoms with E-state index >= 15 is 0 Å². The molecular weight excluding hydrogens is 212 g/mol. The van der Waals surface area contributed by atoms with Crippen molar-refractivity contribution in [2.75, 3.05) is 6.54 Å². The zero-order valence-electron chi connectivity index (χ0n) is 10.4. The number of hydrogen-bond donors (Lipinski definition) is 1. The maximum absolute atomic E-state index is 11.8. The maximum Gasteiger partial charge on any atom is 0.268 e. The lowest BCUT2D eigenvalue weighted by molar-refractivity contribution is 0.0928. The van der Waals surface area contributed by atoms with Crippen LogP contribution in [0.5, 0.6) is 0 Å². The summed E-state index contributed by atoms with van der Waals surface area (Å²) in [5.74, 6) is 0.347. The monoisotopic (exact) mass is 230 g/mol. The summed E-state index contributed by atoms with van der Waals surface area (Å²) in [4.78, 5) is 11.8. The van der Waals surface area contributed by atoms with Crippen molar-refractivity contribution in [3.8, 4) is 0 Å². The first-order valence-electron chi connectivity index (χ1n) is 5.89. The summed E-state index contributed by atoms with van der Waals surface area (Å²) >= 11 is 0. The first kappa shape index (κ1) is 11.7. The van der Waals surface area contributed by atoms with Crippen molar-refractivity contribution in [2.45, 2.75) is 20.4 Å². The highest BCUT2D eigenvalue weighted by Crippen LogP contribution is 2.29. The predicted octanol–water partition coefficient (Wildman–Crippen LogP) is 2.54. The standard InChI is InChI=1S/C14H18N2O/c1-5-11-8-12-14(17)15-6-7-16(12)13(11)10(4)9(2)3/h5,8-9H,1,4,6-7H2,2-3H3,(H,15,17). The van der Waals surface area contributed by atoms with Gasteiger partial charge in [-0.2, -0.15) is 0 Å². The van der Waals surface area contributed by atoms with Gasteiger partial charge in [-0.3, -0.25) is 4.79 Å². The summed E-state index contributed by atoms with van der Waals surface area (Å²) in [5, 5.41) is 2.85. The van der Waals surface area contributed by atoms with Crippen LogP contribution < -0.4 is 5.32 Å². The number of nitrogens with zero attached hydrogens (tertiary/aromatic N) is 1. The van der Waals surface area contributed by atoms with Crippen LogP contribution in [-0.4, -0.2) is 17.0 Å². The van der Waals surface area contributed by atoms with Gasteiger partial charge in [0.1, 0.15) is 5.69 Å². The molecule has 0 radical (unpaired) electrons. The van der Waals surface area contributed by atoms with E-state index in [4.69, 9.17) is 0 Å². The molecule has 0 fully saturated rings. The molecule has 90 valence electrons. The van der Waals surface area contributed by atoms with Crippen LogP contribution in [0.15, 0.2) is 19.2 Å². The lowest BCUT2D eigenvalue weighted by Gasteiger charge is -2.21. The van der Waals surface area contributed by atoms with Gasteiger partial charge in [0.15, 0.2) is 0 Å². The SMILES string of the molecule is C=Cc1cc2n(c1C(=C)C(C)C)CCNC2=O. The van der Waals surface area contributed by atoms with Crippen molar-refractivity contribution in [1.29, 1.82) is 0 Å². The van der Waals surface area contributed by atoms with E-state index in [-0.39, 0.29) is 5.91 Å². The fourth-order valence-electron chi connectivity index (χ4n) is 2.15. The van der Waals surface area contributed by atoms with Gasteiger partial charge in [-0.15, -0.1) is 0 Å². The van der Waals surface area contributed by atoms with Gasteiger partial charge in [0.2, 0.25) is 0 Å². The molecule has 0 spiro atoms. The molecule has 2 heterocycles. The van der Waals surface area contributed by atoms with Crippen LogP contribution in [0.4, 0.5) is 0 Å². The Morgan fingerprint density at radius 2 is 2.29 bits per heavy atom. The van der Waals surface area contributed by atoms with Gasteiger partial charge in [0.05, 0.1) is 5.69 Å². The summed E-state index contributed by atoms with van der Waals surface area (Å²) in [6.45, 7) is 13.6. The first-order chi connectivity index (χ1) is 8.06. The number of rotatable bonds is 3. The van der Waals surface area contributed by atoms with Crippen molar-refractivity contribution >= 4 is 17.6 Å². The molecule has 1 aliphatic rings. The van der Waals surface area contributed by atoms with Gasteiger partial charge in [-0.25, -0.2) is 0 Å². The number of nitrogens with one attached hydrogen (secondary N) is 1. The third-order valence-corrected chi connectivity index (χ3v) is 3.20. The molecule has 1 amide bonds. The minimum Gasteiger partial charge on any atom is -0.349 e. The molecule has 0 unspecified atom stereocenters. The normalized spacial score (nSPS) is 14.4. The van der Waals surface area contributed by atoms with E-state index in [1.165, 1.54) is 0 Å².